The van der Waals surface area contributed by atoms with Gasteiger partial charge >= 0.3 is 0 Å². The van der Waals surface area contributed by atoms with E-state index < -0.39 is 6.85 Å². The maximum atomic E-state index is 7.74. The molecule has 0 fully saturated rings. The molecule has 12 rings (SSSR count). The van der Waals surface area contributed by atoms with E-state index >= 15 is 0 Å². The van der Waals surface area contributed by atoms with Crippen LogP contribution in [-0.2, 0) is 5.41 Å². The van der Waals surface area contributed by atoms with Crippen LogP contribution >= 0.6 is 0 Å². The van der Waals surface area contributed by atoms with E-state index in [4.69, 9.17) is 13.8 Å². The minimum absolute atomic E-state index is 0.0791. The molecule has 2 aliphatic rings. The highest BCUT2D eigenvalue weighted by atomic mass is 16.5. The molecule has 0 N–H and O–H groups in total. The van der Waals surface area contributed by atoms with Crippen LogP contribution < -0.4 is 14.5 Å². The van der Waals surface area contributed by atoms with Gasteiger partial charge in [-0.2, -0.15) is 0 Å². The van der Waals surface area contributed by atoms with Gasteiger partial charge in [0.15, 0.2) is 0 Å². The second kappa shape index (κ2) is 13.2. The van der Waals surface area contributed by atoms with Gasteiger partial charge in [0.2, 0.25) is 0 Å². The average Bonchev–Trinajstić information content (AvgIpc) is 4.00. The molecule has 2 aliphatic heterocycles. The average molecular weight is 793 g/mol. The van der Waals surface area contributed by atoms with Gasteiger partial charge in [-0.3, -0.25) is 4.57 Å². The zero-order valence-electron chi connectivity index (χ0n) is 37.1. The third kappa shape index (κ3) is 5.52. The number of rotatable bonds is 5. The predicted molar refractivity (Wildman–Crippen MR) is 253 cm³/mol. The van der Waals surface area contributed by atoms with Gasteiger partial charge in [-0.1, -0.05) is 105 Å². The number of benzene rings is 7. The first-order valence-corrected chi connectivity index (χ1v) is 20.8. The van der Waals surface area contributed by atoms with Crippen LogP contribution in [0.3, 0.4) is 0 Å². The van der Waals surface area contributed by atoms with Crippen LogP contribution in [0.15, 0.2) is 176 Å². The van der Waals surface area contributed by atoms with E-state index in [2.05, 4.69) is 161 Å². The zero-order valence-corrected chi connectivity index (χ0v) is 34.1. The Morgan fingerprint density at radius 1 is 0.574 bits per heavy atom. The Morgan fingerprint density at radius 3 is 2.18 bits per heavy atom. The fraction of sp³-hybridized carbons (Fsp3) is 0.109. The van der Waals surface area contributed by atoms with Crippen molar-refractivity contribution in [2.24, 2.45) is 0 Å². The summed E-state index contributed by atoms with van der Waals surface area (Å²) in [6, 6.07) is 54.9. The van der Waals surface area contributed by atoms with Gasteiger partial charge in [0.25, 0.3) is 0 Å². The van der Waals surface area contributed by atoms with Crippen molar-refractivity contribution in [2.45, 2.75) is 33.0 Å². The Morgan fingerprint density at radius 2 is 1.33 bits per heavy atom. The number of aryl methyl sites for hydroxylation is 1. The van der Waals surface area contributed by atoms with E-state index in [1.165, 1.54) is 49.6 Å². The topological polar surface area (TPSA) is 38.5 Å². The van der Waals surface area contributed by atoms with Crippen molar-refractivity contribution in [3.05, 3.63) is 187 Å². The first-order chi connectivity index (χ1) is 31.0. The summed E-state index contributed by atoms with van der Waals surface area (Å²) in [6.45, 7) is 5.16. The number of hydrogen-bond donors (Lipinski definition) is 0. The molecule has 5 heterocycles. The lowest BCUT2D eigenvalue weighted by Gasteiger charge is -2.22. The third-order valence-electron chi connectivity index (χ3n) is 12.5. The molecule has 0 spiro atoms. The lowest BCUT2D eigenvalue weighted by atomic mass is 9.88. The summed E-state index contributed by atoms with van der Waals surface area (Å²) in [7, 11) is 0. The van der Waals surface area contributed by atoms with E-state index in [-0.39, 0.29) is 5.41 Å². The summed E-state index contributed by atoms with van der Waals surface area (Å²) in [5, 5.41) is 4.75. The second-order valence-electron chi connectivity index (χ2n) is 17.1. The molecule has 0 saturated carbocycles. The summed E-state index contributed by atoms with van der Waals surface area (Å²) < 4.78 is 34.8. The molecule has 6 heteroatoms. The molecule has 6 nitrogen and oxygen atoms in total. The monoisotopic (exact) mass is 792 g/mol. The number of para-hydroxylation sites is 2. The quantitative estimate of drug-likeness (QED) is 0.174. The largest absolute Gasteiger partial charge is 0.457 e. The first-order valence-electron chi connectivity index (χ1n) is 22.3. The molecular formula is C55H43N5O. The van der Waals surface area contributed by atoms with Crippen molar-refractivity contribution in [3.63, 3.8) is 0 Å². The van der Waals surface area contributed by atoms with Crippen LogP contribution in [0, 0.1) is 6.85 Å². The molecule has 294 valence electrons. The number of fused-ring (bicyclic) bond motifs is 12. The minimum atomic E-state index is -2.13. The number of aromatic nitrogens is 3. The maximum Gasteiger partial charge on any atom is 0.137 e. The van der Waals surface area contributed by atoms with E-state index in [0.29, 0.717) is 23.7 Å². The molecular weight excluding hydrogens is 747 g/mol. The second-order valence-corrected chi connectivity index (χ2v) is 17.1. The van der Waals surface area contributed by atoms with Crippen molar-refractivity contribution in [3.8, 4) is 45.3 Å². The zero-order chi connectivity index (χ0) is 43.5. The van der Waals surface area contributed by atoms with Crippen LogP contribution in [0.4, 0.5) is 11.4 Å². The summed E-state index contributed by atoms with van der Waals surface area (Å²) in [6.07, 6.45) is 5.96. The number of nitrogens with zero attached hydrogens (tertiary/aromatic N) is 5. The molecule has 0 saturated heterocycles. The Balaban J connectivity index is 1.01. The molecule has 0 atom stereocenters. The van der Waals surface area contributed by atoms with Crippen molar-refractivity contribution in [1.29, 1.82) is 0 Å². The van der Waals surface area contributed by atoms with Crippen LogP contribution in [0.1, 0.15) is 36.0 Å². The lowest BCUT2D eigenvalue weighted by Crippen LogP contribution is -2.24. The first kappa shape index (κ1) is 32.3. The number of pyridine rings is 1. The van der Waals surface area contributed by atoms with Crippen LogP contribution in [0.2, 0.25) is 0 Å². The fourth-order valence-electron chi connectivity index (χ4n) is 9.55. The summed E-state index contributed by atoms with van der Waals surface area (Å²) in [5.74, 6) is 2.28. The van der Waals surface area contributed by atoms with Crippen molar-refractivity contribution >= 4 is 55.0 Å². The fourth-order valence-corrected chi connectivity index (χ4v) is 9.55. The molecule has 0 unspecified atom stereocenters. The van der Waals surface area contributed by atoms with Gasteiger partial charge in [-0.05, 0) is 95.7 Å². The molecule has 61 heavy (non-hydrogen) atoms. The van der Waals surface area contributed by atoms with Crippen LogP contribution in [-0.4, -0.2) is 20.8 Å². The number of anilines is 2. The molecule has 7 aromatic carbocycles. The Kier molecular flexibility index (Phi) is 7.00. The normalized spacial score (nSPS) is 14.3. The van der Waals surface area contributed by atoms with Gasteiger partial charge in [0, 0.05) is 78.9 Å². The highest BCUT2D eigenvalue weighted by Gasteiger charge is 2.29. The van der Waals surface area contributed by atoms with E-state index in [9.17, 15) is 0 Å². The van der Waals surface area contributed by atoms with Gasteiger partial charge < -0.3 is 19.1 Å². The smallest absolute Gasteiger partial charge is 0.137 e. The molecule has 0 bridgehead atoms. The van der Waals surface area contributed by atoms with E-state index in [1.54, 1.807) is 12.1 Å². The van der Waals surface area contributed by atoms with Crippen molar-refractivity contribution in [2.75, 3.05) is 16.5 Å². The summed E-state index contributed by atoms with van der Waals surface area (Å²) in [4.78, 5) is 9.29. The van der Waals surface area contributed by atoms with Gasteiger partial charge in [-0.25, -0.2) is 4.98 Å². The molecule has 0 aliphatic carbocycles. The van der Waals surface area contributed by atoms with Gasteiger partial charge in [0.1, 0.15) is 17.3 Å². The summed E-state index contributed by atoms with van der Waals surface area (Å²) in [5.41, 5.74) is 13.8. The van der Waals surface area contributed by atoms with Crippen LogP contribution in [0.25, 0.3) is 77.4 Å². The van der Waals surface area contributed by atoms with E-state index in [1.807, 2.05) is 42.9 Å². The minimum Gasteiger partial charge on any atom is -0.457 e. The number of hydrogen-bond acceptors (Lipinski definition) is 4. The third-order valence-corrected chi connectivity index (χ3v) is 12.5. The standard InChI is InChI=1S/C55H43N5O/c1-35-19-21-37(22-20-35)57-29-30-58(34-57)38-11-9-12-39(32-38)61-40-23-24-46-50(33-40)59(51-31-36(27-28-56-51)55(2,3)4)48-25-26-49-52(53(46)48)43-15-6-5-13-41(43)44-16-10-17-45-42-14-7-8-18-47(42)60(49)54(44)45/h5-33H,34H2,1-4H3/i1D3. The SMILES string of the molecule is [2H]C([2H])([2H])c1ccc(N2C=CN(c3cccc(Oc4ccc5c6c7c(ccc6n(-c6cc(C(C)(C)C)ccn6)c5c4)-n4c5ccccc5c5cccc(c54)-c4ccccc4-7)c3)C2)cc1. The van der Waals surface area contributed by atoms with Crippen molar-refractivity contribution in [1.82, 2.24) is 14.1 Å². The van der Waals surface area contributed by atoms with Gasteiger partial charge in [0.05, 0.1) is 34.4 Å². The molecule has 3 aromatic heterocycles. The lowest BCUT2D eigenvalue weighted by molar-refractivity contribution is 0.483. The van der Waals surface area contributed by atoms with E-state index in [0.717, 1.165) is 44.7 Å². The maximum absolute atomic E-state index is 7.74. The Labute approximate surface area is 359 Å². The Hall–Kier alpha value is -7.57. The van der Waals surface area contributed by atoms with Crippen LogP contribution in [0.5, 0.6) is 11.5 Å². The summed E-state index contributed by atoms with van der Waals surface area (Å²) >= 11 is 0. The Bertz CT molecular complexity index is 3560. The molecule has 0 amide bonds. The van der Waals surface area contributed by atoms with Crippen molar-refractivity contribution < 1.29 is 8.85 Å². The van der Waals surface area contributed by atoms with Gasteiger partial charge in [-0.15, -0.1) is 0 Å². The molecule has 0 radical (unpaired) electrons. The number of ether oxygens (including phenoxy) is 1. The molecule has 10 aromatic rings. The highest BCUT2D eigenvalue weighted by Crippen LogP contribution is 2.51. The highest BCUT2D eigenvalue weighted by molar-refractivity contribution is 6.22. The predicted octanol–water partition coefficient (Wildman–Crippen LogP) is 14.1.